The van der Waals surface area contributed by atoms with Crippen LogP contribution >= 0.6 is 0 Å². The van der Waals surface area contributed by atoms with E-state index in [0.717, 1.165) is 16.9 Å². The van der Waals surface area contributed by atoms with Gasteiger partial charge in [0.25, 0.3) is 0 Å². The van der Waals surface area contributed by atoms with Crippen LogP contribution in [0.5, 0.6) is 0 Å². The number of hydrogen-bond donors (Lipinski definition) is 1. The maximum absolute atomic E-state index is 5.37. The third-order valence-electron chi connectivity index (χ3n) is 2.59. The molecule has 4 heteroatoms. The van der Waals surface area contributed by atoms with Crippen LogP contribution in [0.15, 0.2) is 47.1 Å². The number of H-pyrrole nitrogens is 1. The van der Waals surface area contributed by atoms with Crippen molar-refractivity contribution in [2.45, 2.75) is 6.92 Å². The molecule has 2 aromatic heterocycles. The van der Waals surface area contributed by atoms with E-state index in [9.17, 15) is 0 Å². The van der Waals surface area contributed by atoms with Gasteiger partial charge in [-0.1, -0.05) is 30.3 Å². The third-order valence-corrected chi connectivity index (χ3v) is 2.59. The summed E-state index contributed by atoms with van der Waals surface area (Å²) in [6, 6.07) is 11.7. The molecule has 0 saturated heterocycles. The Kier molecular flexibility index (Phi) is 2.26. The molecule has 1 aromatic carbocycles. The number of furan rings is 1. The quantitative estimate of drug-likeness (QED) is 0.729. The molecular weight excluding hydrogens is 214 g/mol. The van der Waals surface area contributed by atoms with E-state index in [-0.39, 0.29) is 0 Å². The molecule has 2 heterocycles. The number of nitrogens with one attached hydrogen (secondary N) is 1. The normalized spacial score (nSPS) is 10.6. The summed E-state index contributed by atoms with van der Waals surface area (Å²) in [6.45, 7) is 1.98. The molecule has 0 amide bonds. The van der Waals surface area contributed by atoms with E-state index < -0.39 is 0 Å². The summed E-state index contributed by atoms with van der Waals surface area (Å²) in [5.41, 5.74) is 2.03. The van der Waals surface area contributed by atoms with Gasteiger partial charge in [-0.25, -0.2) is 4.98 Å². The van der Waals surface area contributed by atoms with Crippen LogP contribution < -0.4 is 0 Å². The van der Waals surface area contributed by atoms with Gasteiger partial charge in [-0.2, -0.15) is 5.10 Å². The van der Waals surface area contributed by atoms with Gasteiger partial charge in [0.05, 0.1) is 6.26 Å². The summed E-state index contributed by atoms with van der Waals surface area (Å²) >= 11 is 0. The molecule has 0 radical (unpaired) electrons. The zero-order chi connectivity index (χ0) is 11.7. The Labute approximate surface area is 98.3 Å². The lowest BCUT2D eigenvalue weighted by Gasteiger charge is -1.92. The zero-order valence-electron chi connectivity index (χ0n) is 9.34. The van der Waals surface area contributed by atoms with Gasteiger partial charge < -0.3 is 4.42 Å². The van der Waals surface area contributed by atoms with Crippen LogP contribution in [0.2, 0.25) is 0 Å². The SMILES string of the molecule is Cc1ccoc1-c1nc(-c2ccccc2)n[nH]1. The Bertz CT molecular complexity index is 625. The van der Waals surface area contributed by atoms with Crippen LogP contribution in [0.4, 0.5) is 0 Å². The first kappa shape index (κ1) is 9.84. The maximum Gasteiger partial charge on any atom is 0.192 e. The van der Waals surface area contributed by atoms with Crippen molar-refractivity contribution in [2.75, 3.05) is 0 Å². The van der Waals surface area contributed by atoms with Crippen molar-refractivity contribution >= 4 is 0 Å². The fourth-order valence-electron chi connectivity index (χ4n) is 1.70. The molecule has 0 fully saturated rings. The fraction of sp³-hybridized carbons (Fsp3) is 0.0769. The molecule has 1 N–H and O–H groups in total. The Hall–Kier alpha value is -2.36. The van der Waals surface area contributed by atoms with Crippen LogP contribution in [-0.4, -0.2) is 15.2 Å². The number of benzene rings is 1. The lowest BCUT2D eigenvalue weighted by atomic mass is 10.2. The lowest BCUT2D eigenvalue weighted by molar-refractivity contribution is 0.576. The van der Waals surface area contributed by atoms with Crippen LogP contribution in [-0.2, 0) is 0 Å². The smallest absolute Gasteiger partial charge is 0.192 e. The van der Waals surface area contributed by atoms with Crippen LogP contribution in [0.3, 0.4) is 0 Å². The lowest BCUT2D eigenvalue weighted by Crippen LogP contribution is -1.80. The number of nitrogens with zero attached hydrogens (tertiary/aromatic N) is 2. The van der Waals surface area contributed by atoms with Crippen molar-refractivity contribution in [3.8, 4) is 23.0 Å². The Morgan fingerprint density at radius 3 is 2.65 bits per heavy atom. The summed E-state index contributed by atoms with van der Waals surface area (Å²) in [5, 5.41) is 7.08. The van der Waals surface area contributed by atoms with Gasteiger partial charge >= 0.3 is 0 Å². The Balaban J connectivity index is 2.02. The fourth-order valence-corrected chi connectivity index (χ4v) is 1.70. The molecule has 3 aromatic rings. The first-order valence-electron chi connectivity index (χ1n) is 5.37. The van der Waals surface area contributed by atoms with Crippen molar-refractivity contribution in [2.24, 2.45) is 0 Å². The zero-order valence-corrected chi connectivity index (χ0v) is 9.34. The second kappa shape index (κ2) is 3.90. The van der Waals surface area contributed by atoms with Crippen molar-refractivity contribution in [1.29, 1.82) is 0 Å². The number of aromatic nitrogens is 3. The Morgan fingerprint density at radius 2 is 1.94 bits per heavy atom. The molecule has 0 spiro atoms. The number of hydrogen-bond acceptors (Lipinski definition) is 3. The summed E-state index contributed by atoms with van der Waals surface area (Å²) in [6.07, 6.45) is 1.65. The molecule has 0 atom stereocenters. The first-order chi connectivity index (χ1) is 8.34. The highest BCUT2D eigenvalue weighted by molar-refractivity contribution is 5.59. The maximum atomic E-state index is 5.37. The number of aryl methyl sites for hydroxylation is 1. The van der Waals surface area contributed by atoms with E-state index in [4.69, 9.17) is 4.42 Å². The second-order valence-electron chi connectivity index (χ2n) is 3.81. The molecule has 0 aliphatic carbocycles. The van der Waals surface area contributed by atoms with Crippen molar-refractivity contribution < 1.29 is 4.42 Å². The van der Waals surface area contributed by atoms with E-state index in [0.29, 0.717) is 11.6 Å². The van der Waals surface area contributed by atoms with Crippen molar-refractivity contribution in [3.63, 3.8) is 0 Å². The van der Waals surface area contributed by atoms with Gasteiger partial charge in [-0.3, -0.25) is 5.10 Å². The van der Waals surface area contributed by atoms with E-state index in [2.05, 4.69) is 15.2 Å². The van der Waals surface area contributed by atoms with Gasteiger partial charge in [-0.05, 0) is 18.6 Å². The van der Waals surface area contributed by atoms with E-state index in [1.165, 1.54) is 0 Å². The second-order valence-corrected chi connectivity index (χ2v) is 3.81. The average Bonchev–Trinajstić information content (AvgIpc) is 2.98. The third kappa shape index (κ3) is 1.73. The average molecular weight is 225 g/mol. The van der Waals surface area contributed by atoms with Crippen molar-refractivity contribution in [1.82, 2.24) is 15.2 Å². The molecule has 4 nitrogen and oxygen atoms in total. The molecule has 84 valence electrons. The molecule has 3 rings (SSSR count). The molecule has 0 aliphatic rings. The predicted molar refractivity (Wildman–Crippen MR) is 64.3 cm³/mol. The monoisotopic (exact) mass is 225 g/mol. The molecule has 17 heavy (non-hydrogen) atoms. The predicted octanol–water partition coefficient (Wildman–Crippen LogP) is 3.04. The van der Waals surface area contributed by atoms with Crippen LogP contribution in [0, 0.1) is 6.92 Å². The highest BCUT2D eigenvalue weighted by atomic mass is 16.3. The van der Waals surface area contributed by atoms with Crippen LogP contribution in [0.25, 0.3) is 23.0 Å². The molecular formula is C13H11N3O. The minimum absolute atomic E-state index is 0.659. The molecule has 0 saturated carbocycles. The summed E-state index contributed by atoms with van der Waals surface area (Å²) in [4.78, 5) is 4.42. The first-order valence-corrected chi connectivity index (χ1v) is 5.37. The summed E-state index contributed by atoms with van der Waals surface area (Å²) in [7, 11) is 0. The molecule has 0 bridgehead atoms. The highest BCUT2D eigenvalue weighted by Crippen LogP contribution is 2.23. The van der Waals surface area contributed by atoms with E-state index >= 15 is 0 Å². The number of rotatable bonds is 2. The minimum atomic E-state index is 0.659. The van der Waals surface area contributed by atoms with Gasteiger partial charge in [0, 0.05) is 5.56 Å². The van der Waals surface area contributed by atoms with Gasteiger partial charge in [0.15, 0.2) is 17.4 Å². The van der Waals surface area contributed by atoms with Crippen molar-refractivity contribution in [3.05, 3.63) is 48.2 Å². The van der Waals surface area contributed by atoms with E-state index in [1.807, 2.05) is 43.3 Å². The van der Waals surface area contributed by atoms with E-state index in [1.54, 1.807) is 6.26 Å². The van der Waals surface area contributed by atoms with Gasteiger partial charge in [-0.15, -0.1) is 0 Å². The molecule has 0 unspecified atom stereocenters. The Morgan fingerprint density at radius 1 is 1.12 bits per heavy atom. The van der Waals surface area contributed by atoms with Gasteiger partial charge in [0.1, 0.15) is 0 Å². The largest absolute Gasteiger partial charge is 0.461 e. The molecule has 0 aliphatic heterocycles. The highest BCUT2D eigenvalue weighted by Gasteiger charge is 2.11. The number of aromatic amines is 1. The standard InChI is InChI=1S/C13H11N3O/c1-9-7-8-17-11(9)13-14-12(15-16-13)10-5-3-2-4-6-10/h2-8H,1H3,(H,14,15,16). The van der Waals surface area contributed by atoms with Crippen LogP contribution in [0.1, 0.15) is 5.56 Å². The van der Waals surface area contributed by atoms with Gasteiger partial charge in [0.2, 0.25) is 0 Å². The minimum Gasteiger partial charge on any atom is -0.461 e. The topological polar surface area (TPSA) is 54.7 Å². The summed E-state index contributed by atoms with van der Waals surface area (Å²) in [5.74, 6) is 2.07. The summed E-state index contributed by atoms with van der Waals surface area (Å²) < 4.78 is 5.37.